The highest BCUT2D eigenvalue weighted by Crippen LogP contribution is 2.35. The van der Waals surface area contributed by atoms with Gasteiger partial charge in [-0.05, 0) is 7.05 Å². The lowest BCUT2D eigenvalue weighted by atomic mass is 10.2. The van der Waals surface area contributed by atoms with Gasteiger partial charge >= 0.3 is 6.18 Å². The molecule has 3 heterocycles. The molecule has 10 heteroatoms. The van der Waals surface area contributed by atoms with Gasteiger partial charge in [0.1, 0.15) is 11.4 Å². The van der Waals surface area contributed by atoms with Gasteiger partial charge in [0, 0.05) is 26.3 Å². The van der Waals surface area contributed by atoms with E-state index in [1.807, 2.05) is 7.05 Å². The van der Waals surface area contributed by atoms with Crippen molar-refractivity contribution in [2.75, 3.05) is 31.3 Å². The highest BCUT2D eigenvalue weighted by molar-refractivity contribution is 5.62. The molecule has 2 aromatic rings. The number of likely N-dealkylation sites (N-methyl/N-ethyl adjacent to an activating group) is 1. The molecule has 0 radical (unpaired) electrons. The number of fused-ring (bicyclic) bond motifs is 1. The largest absolute Gasteiger partial charge is 0.421 e. The van der Waals surface area contributed by atoms with Crippen LogP contribution in [0.25, 0.3) is 0 Å². The number of rotatable bonds is 3. The molecule has 2 aromatic heterocycles. The maximum atomic E-state index is 13.1. The summed E-state index contributed by atoms with van der Waals surface area (Å²) >= 11 is 0. The average molecular weight is 327 g/mol. The highest BCUT2D eigenvalue weighted by Gasteiger charge is 2.35. The Morgan fingerprint density at radius 3 is 2.70 bits per heavy atom. The first kappa shape index (κ1) is 15.5. The normalized spacial score (nSPS) is 15.3. The summed E-state index contributed by atoms with van der Waals surface area (Å²) in [5, 5.41) is 9.61. The SMILES string of the molecule is CNc1ncc(C(F)(F)F)c(Nc2cnn3c2CN(C)CC3)n1. The molecule has 0 saturated carbocycles. The Labute approximate surface area is 130 Å². The second kappa shape index (κ2) is 5.69. The van der Waals surface area contributed by atoms with Crippen LogP contribution in [0, 0.1) is 0 Å². The topological polar surface area (TPSA) is 70.9 Å². The number of anilines is 3. The molecule has 0 aliphatic carbocycles. The molecule has 0 fully saturated rings. The minimum Gasteiger partial charge on any atom is -0.357 e. The molecule has 23 heavy (non-hydrogen) atoms. The molecule has 1 aliphatic heterocycles. The Hall–Kier alpha value is -2.36. The average Bonchev–Trinajstić information content (AvgIpc) is 2.88. The molecule has 7 nitrogen and oxygen atoms in total. The van der Waals surface area contributed by atoms with Gasteiger partial charge < -0.3 is 10.6 Å². The van der Waals surface area contributed by atoms with Crippen molar-refractivity contribution >= 4 is 17.5 Å². The van der Waals surface area contributed by atoms with E-state index in [0.717, 1.165) is 18.4 Å². The lowest BCUT2D eigenvalue weighted by Crippen LogP contribution is -2.31. The first-order chi connectivity index (χ1) is 10.9. The first-order valence-electron chi connectivity index (χ1n) is 7.00. The van der Waals surface area contributed by atoms with Crippen LogP contribution in [0.1, 0.15) is 11.3 Å². The second-order valence-corrected chi connectivity index (χ2v) is 5.29. The Morgan fingerprint density at radius 2 is 2.00 bits per heavy atom. The molecule has 0 aromatic carbocycles. The van der Waals surface area contributed by atoms with E-state index < -0.39 is 11.7 Å². The van der Waals surface area contributed by atoms with E-state index in [0.29, 0.717) is 18.8 Å². The molecule has 0 bridgehead atoms. The zero-order valence-corrected chi connectivity index (χ0v) is 12.6. The maximum absolute atomic E-state index is 13.1. The summed E-state index contributed by atoms with van der Waals surface area (Å²) in [5.41, 5.74) is 0.430. The van der Waals surface area contributed by atoms with Crippen molar-refractivity contribution in [1.82, 2.24) is 24.6 Å². The zero-order valence-electron chi connectivity index (χ0n) is 12.6. The van der Waals surface area contributed by atoms with E-state index in [1.165, 1.54) is 6.20 Å². The van der Waals surface area contributed by atoms with E-state index in [2.05, 4.69) is 30.6 Å². The fourth-order valence-electron chi connectivity index (χ4n) is 2.41. The standard InChI is InChI=1S/C13H16F3N7/c1-17-12-18-5-8(13(14,15)16)11(21-12)20-9-6-19-23-4-3-22(2)7-10(9)23/h5-6H,3-4,7H2,1-2H3,(H2,17,18,20,21). The fourth-order valence-corrected chi connectivity index (χ4v) is 2.41. The summed E-state index contributed by atoms with van der Waals surface area (Å²) in [6, 6.07) is 0. The number of nitrogens with one attached hydrogen (secondary N) is 2. The Kier molecular flexibility index (Phi) is 3.84. The third-order valence-corrected chi connectivity index (χ3v) is 3.63. The van der Waals surface area contributed by atoms with Crippen LogP contribution in [0.2, 0.25) is 0 Å². The van der Waals surface area contributed by atoms with E-state index in [1.54, 1.807) is 11.7 Å². The number of halogens is 3. The van der Waals surface area contributed by atoms with Crippen LogP contribution < -0.4 is 10.6 Å². The number of nitrogens with zero attached hydrogens (tertiary/aromatic N) is 5. The van der Waals surface area contributed by atoms with E-state index in [-0.39, 0.29) is 11.8 Å². The van der Waals surface area contributed by atoms with Gasteiger partial charge in [-0.25, -0.2) is 4.98 Å². The van der Waals surface area contributed by atoms with Gasteiger partial charge in [-0.15, -0.1) is 0 Å². The predicted octanol–water partition coefficient (Wildman–Crippen LogP) is 1.92. The summed E-state index contributed by atoms with van der Waals surface area (Å²) < 4.78 is 41.2. The van der Waals surface area contributed by atoms with Gasteiger partial charge in [-0.1, -0.05) is 0 Å². The Bertz CT molecular complexity index is 710. The van der Waals surface area contributed by atoms with Crippen molar-refractivity contribution in [1.29, 1.82) is 0 Å². The summed E-state index contributed by atoms with van der Waals surface area (Å²) in [6.07, 6.45) is -2.25. The van der Waals surface area contributed by atoms with Gasteiger partial charge in [0.25, 0.3) is 0 Å². The Morgan fingerprint density at radius 1 is 1.22 bits per heavy atom. The summed E-state index contributed by atoms with van der Waals surface area (Å²) in [5.74, 6) is -0.181. The van der Waals surface area contributed by atoms with Crippen molar-refractivity contribution in [2.24, 2.45) is 0 Å². The lowest BCUT2D eigenvalue weighted by molar-refractivity contribution is -0.137. The van der Waals surface area contributed by atoms with Gasteiger partial charge in [0.05, 0.1) is 24.1 Å². The van der Waals surface area contributed by atoms with E-state index >= 15 is 0 Å². The van der Waals surface area contributed by atoms with Crippen molar-refractivity contribution in [3.8, 4) is 0 Å². The molecule has 0 spiro atoms. The van der Waals surface area contributed by atoms with Crippen LogP contribution in [0.5, 0.6) is 0 Å². The molecule has 1 aliphatic rings. The van der Waals surface area contributed by atoms with Gasteiger partial charge in [-0.2, -0.15) is 23.3 Å². The van der Waals surface area contributed by atoms with Crippen LogP contribution in [-0.4, -0.2) is 45.3 Å². The zero-order chi connectivity index (χ0) is 16.6. The maximum Gasteiger partial charge on any atom is 0.421 e. The highest BCUT2D eigenvalue weighted by atomic mass is 19.4. The predicted molar refractivity (Wildman–Crippen MR) is 78.4 cm³/mol. The van der Waals surface area contributed by atoms with Crippen LogP contribution in [0.4, 0.5) is 30.6 Å². The molecule has 0 amide bonds. The monoisotopic (exact) mass is 327 g/mol. The minimum absolute atomic E-state index is 0.110. The number of hydrogen-bond acceptors (Lipinski definition) is 6. The smallest absolute Gasteiger partial charge is 0.357 e. The van der Waals surface area contributed by atoms with Gasteiger partial charge in [0.15, 0.2) is 0 Å². The molecular weight excluding hydrogens is 311 g/mol. The molecule has 0 unspecified atom stereocenters. The molecule has 0 atom stereocenters. The van der Waals surface area contributed by atoms with Gasteiger partial charge in [0.2, 0.25) is 5.95 Å². The third-order valence-electron chi connectivity index (χ3n) is 3.63. The third kappa shape index (κ3) is 3.07. The van der Waals surface area contributed by atoms with Crippen LogP contribution in [0.15, 0.2) is 12.4 Å². The second-order valence-electron chi connectivity index (χ2n) is 5.29. The Balaban J connectivity index is 1.98. The van der Waals surface area contributed by atoms with Crippen LogP contribution in [0.3, 0.4) is 0 Å². The first-order valence-corrected chi connectivity index (χ1v) is 7.00. The van der Waals surface area contributed by atoms with Gasteiger partial charge in [-0.3, -0.25) is 9.58 Å². The van der Waals surface area contributed by atoms with Crippen molar-refractivity contribution in [3.05, 3.63) is 23.7 Å². The van der Waals surface area contributed by atoms with Crippen molar-refractivity contribution in [2.45, 2.75) is 19.3 Å². The minimum atomic E-state index is -4.54. The van der Waals surface area contributed by atoms with Crippen LogP contribution >= 0.6 is 0 Å². The van der Waals surface area contributed by atoms with Crippen molar-refractivity contribution in [3.63, 3.8) is 0 Å². The molecule has 2 N–H and O–H groups in total. The molecule has 3 rings (SSSR count). The molecule has 0 saturated heterocycles. The fraction of sp³-hybridized carbons (Fsp3) is 0.462. The van der Waals surface area contributed by atoms with Crippen LogP contribution in [-0.2, 0) is 19.3 Å². The van der Waals surface area contributed by atoms with E-state index in [4.69, 9.17) is 0 Å². The number of hydrogen-bond donors (Lipinski definition) is 2. The summed E-state index contributed by atoms with van der Waals surface area (Å²) in [4.78, 5) is 9.61. The quantitative estimate of drug-likeness (QED) is 0.897. The lowest BCUT2D eigenvalue weighted by Gasteiger charge is -2.24. The van der Waals surface area contributed by atoms with Crippen molar-refractivity contribution < 1.29 is 13.2 Å². The summed E-state index contributed by atoms with van der Waals surface area (Å²) in [7, 11) is 3.49. The molecule has 124 valence electrons. The molecular formula is C13H16F3N7. The summed E-state index contributed by atoms with van der Waals surface area (Å²) in [6.45, 7) is 2.15. The van der Waals surface area contributed by atoms with E-state index in [9.17, 15) is 13.2 Å². The number of alkyl halides is 3. The number of aromatic nitrogens is 4.